The van der Waals surface area contributed by atoms with E-state index in [1.165, 1.54) is 12.1 Å². The Morgan fingerprint density at radius 2 is 1.75 bits per heavy atom. The van der Waals surface area contributed by atoms with Crippen LogP contribution in [0.5, 0.6) is 0 Å². The highest BCUT2D eigenvalue weighted by molar-refractivity contribution is 7.92. The van der Waals surface area contributed by atoms with E-state index < -0.39 is 15.6 Å². The molecule has 2 atom stereocenters. The first-order valence-electron chi connectivity index (χ1n) is 13.8. The first kappa shape index (κ1) is 31.1. The van der Waals surface area contributed by atoms with Gasteiger partial charge in [0.2, 0.25) is 0 Å². The Bertz CT molecular complexity index is 1260. The molecule has 3 rings (SSSR count). The van der Waals surface area contributed by atoms with E-state index in [1.54, 1.807) is 36.4 Å². The number of amidine groups is 1. The Hall–Kier alpha value is -3.41. The number of dihydropyridines is 1. The maximum atomic E-state index is 12.9. The Balaban J connectivity index is 1.43. The van der Waals surface area contributed by atoms with Crippen LogP contribution in [-0.2, 0) is 16.4 Å². The van der Waals surface area contributed by atoms with Crippen LogP contribution >= 0.6 is 0 Å². The highest BCUT2D eigenvalue weighted by atomic mass is 32.2. The predicted molar refractivity (Wildman–Crippen MR) is 161 cm³/mol. The lowest BCUT2D eigenvalue weighted by Gasteiger charge is -2.26. The molecule has 218 valence electrons. The van der Waals surface area contributed by atoms with E-state index in [4.69, 9.17) is 5.73 Å². The highest BCUT2D eigenvalue weighted by Crippen LogP contribution is 2.20. The predicted octanol–water partition coefficient (Wildman–Crippen LogP) is 3.76. The minimum Gasteiger partial charge on any atom is -0.384 e. The number of sulfonamides is 1. The largest absolute Gasteiger partial charge is 0.384 e. The molecule has 1 aliphatic rings. The Kier molecular flexibility index (Phi) is 11.5. The van der Waals surface area contributed by atoms with Crippen molar-refractivity contribution in [1.82, 2.24) is 10.6 Å². The maximum absolute atomic E-state index is 12.9. The van der Waals surface area contributed by atoms with Crippen molar-refractivity contribution in [2.45, 2.75) is 68.9 Å². The fourth-order valence-corrected chi connectivity index (χ4v) is 5.33. The number of rotatable bonds is 15. The van der Waals surface area contributed by atoms with Gasteiger partial charge in [0.15, 0.2) is 0 Å². The Morgan fingerprint density at radius 1 is 1.05 bits per heavy atom. The molecule has 10 nitrogen and oxygen atoms in total. The van der Waals surface area contributed by atoms with Crippen molar-refractivity contribution in [3.05, 3.63) is 66.2 Å². The van der Waals surface area contributed by atoms with E-state index in [0.717, 1.165) is 37.7 Å². The molecule has 7 N–H and O–H groups in total. The molecule has 0 aliphatic carbocycles. The molecular formula is C29H42N6O4S. The zero-order valence-electron chi connectivity index (χ0n) is 23.3. The molecule has 1 heterocycles. The van der Waals surface area contributed by atoms with Gasteiger partial charge in [-0.25, -0.2) is 13.2 Å². The van der Waals surface area contributed by atoms with E-state index in [9.17, 15) is 18.3 Å². The van der Waals surface area contributed by atoms with Crippen molar-refractivity contribution < 1.29 is 18.3 Å². The Labute approximate surface area is 237 Å². The molecule has 2 unspecified atom stereocenters. The number of urea groups is 1. The molecule has 2 amide bonds. The number of amides is 2. The lowest BCUT2D eigenvalue weighted by atomic mass is 9.97. The zero-order chi connectivity index (χ0) is 29.0. The van der Waals surface area contributed by atoms with Gasteiger partial charge in [-0.15, -0.1) is 0 Å². The average molecular weight is 571 g/mol. The van der Waals surface area contributed by atoms with Gasteiger partial charge in [-0.2, -0.15) is 0 Å². The topological polar surface area (TPSA) is 158 Å². The van der Waals surface area contributed by atoms with Gasteiger partial charge >= 0.3 is 6.03 Å². The van der Waals surface area contributed by atoms with E-state index in [2.05, 4.69) is 39.5 Å². The van der Waals surface area contributed by atoms with Crippen molar-refractivity contribution >= 4 is 33.3 Å². The van der Waals surface area contributed by atoms with Crippen molar-refractivity contribution in [2.24, 2.45) is 10.7 Å². The molecule has 0 fully saturated rings. The number of benzene rings is 2. The molecule has 0 aromatic heterocycles. The monoisotopic (exact) mass is 570 g/mol. The van der Waals surface area contributed by atoms with Crippen LogP contribution in [0.4, 0.5) is 16.2 Å². The minimum absolute atomic E-state index is 0.0998. The van der Waals surface area contributed by atoms with Gasteiger partial charge in [-0.1, -0.05) is 38.3 Å². The van der Waals surface area contributed by atoms with E-state index >= 15 is 0 Å². The van der Waals surface area contributed by atoms with Crippen LogP contribution in [-0.4, -0.2) is 56.7 Å². The summed E-state index contributed by atoms with van der Waals surface area (Å²) in [7, 11) is -3.79. The fourth-order valence-electron chi connectivity index (χ4n) is 4.27. The fraction of sp³-hybridized carbons (Fsp3) is 0.448. The van der Waals surface area contributed by atoms with Gasteiger partial charge in [0.25, 0.3) is 10.0 Å². The van der Waals surface area contributed by atoms with Crippen LogP contribution in [0, 0.1) is 0 Å². The summed E-state index contributed by atoms with van der Waals surface area (Å²) in [5, 5.41) is 19.5. The molecule has 0 bridgehead atoms. The number of aliphatic hydroxyl groups is 1. The van der Waals surface area contributed by atoms with E-state index in [1.807, 2.05) is 12.1 Å². The number of unbranched alkanes of at least 4 members (excludes halogenated alkanes) is 3. The summed E-state index contributed by atoms with van der Waals surface area (Å²) in [5.74, 6) is 0.427. The molecule has 0 saturated heterocycles. The molecule has 2 aromatic carbocycles. The second kappa shape index (κ2) is 14.8. The van der Waals surface area contributed by atoms with Crippen LogP contribution in [0.1, 0.15) is 51.5 Å². The quantitative estimate of drug-likeness (QED) is 0.179. The number of nitrogens with two attached hydrogens (primary N) is 1. The summed E-state index contributed by atoms with van der Waals surface area (Å²) < 4.78 is 28.3. The molecule has 40 heavy (non-hydrogen) atoms. The van der Waals surface area contributed by atoms with Gasteiger partial charge in [-0.3, -0.25) is 9.71 Å². The molecule has 0 radical (unpaired) electrons. The summed E-state index contributed by atoms with van der Waals surface area (Å²) in [4.78, 5) is 16.2. The summed E-state index contributed by atoms with van der Waals surface area (Å²) in [6.45, 7) is 5.68. The van der Waals surface area contributed by atoms with Crippen molar-refractivity contribution in [3.8, 4) is 0 Å². The number of carbonyl (C=O) groups excluding carboxylic acids is 1. The van der Waals surface area contributed by atoms with Crippen LogP contribution in [0.2, 0.25) is 0 Å². The number of hydrogen-bond acceptors (Lipinski definition) is 7. The normalized spacial score (nSPS) is 17.6. The average Bonchev–Trinajstić information content (AvgIpc) is 2.92. The number of nitrogens with zero attached hydrogens (tertiary/aromatic N) is 1. The third-order valence-corrected chi connectivity index (χ3v) is 8.03. The van der Waals surface area contributed by atoms with Crippen molar-refractivity contribution in [1.29, 1.82) is 0 Å². The smallest absolute Gasteiger partial charge is 0.319 e. The summed E-state index contributed by atoms with van der Waals surface area (Å²) in [5.41, 5.74) is 6.66. The van der Waals surface area contributed by atoms with Crippen LogP contribution in [0.3, 0.4) is 0 Å². The van der Waals surface area contributed by atoms with Crippen LogP contribution < -0.4 is 26.4 Å². The molecule has 0 spiro atoms. The molecule has 2 aromatic rings. The van der Waals surface area contributed by atoms with E-state index in [0.29, 0.717) is 36.7 Å². The van der Waals surface area contributed by atoms with E-state index in [-0.39, 0.29) is 23.5 Å². The van der Waals surface area contributed by atoms with Crippen molar-refractivity contribution in [2.75, 3.05) is 29.7 Å². The van der Waals surface area contributed by atoms with Gasteiger partial charge in [0.05, 0.1) is 11.4 Å². The number of carbonyl (C=O) groups is 1. The summed E-state index contributed by atoms with van der Waals surface area (Å²) >= 11 is 0. The minimum atomic E-state index is -3.79. The van der Waals surface area contributed by atoms with Crippen LogP contribution in [0.15, 0.2) is 70.6 Å². The summed E-state index contributed by atoms with van der Waals surface area (Å²) in [6, 6.07) is 13.1. The first-order chi connectivity index (χ1) is 19.1. The van der Waals surface area contributed by atoms with Crippen molar-refractivity contribution in [3.63, 3.8) is 0 Å². The third kappa shape index (κ3) is 10.3. The van der Waals surface area contributed by atoms with Gasteiger partial charge in [0, 0.05) is 24.0 Å². The lowest BCUT2D eigenvalue weighted by molar-refractivity contribution is 0.0891. The number of aliphatic imine (C=N–C) groups is 1. The SMILES string of the molecule is CCCCCCNC(=O)Nc1ccc(S(=O)(=O)Nc2ccc(CC(C)NCCC3(O)C=CC(N)=NC3)cc2)cc1. The third-order valence-electron chi connectivity index (χ3n) is 6.64. The van der Waals surface area contributed by atoms with Gasteiger partial charge < -0.3 is 26.8 Å². The first-order valence-corrected chi connectivity index (χ1v) is 15.3. The Morgan fingerprint density at radius 3 is 2.40 bits per heavy atom. The highest BCUT2D eigenvalue weighted by Gasteiger charge is 2.25. The standard InChI is InChI=1S/C29H42N6O4S/c1-3-4-5-6-18-32-28(36)34-24-11-13-26(14-12-24)40(38,39)35-25-9-7-23(8-10-25)20-22(2)31-19-17-29(37)16-15-27(30)33-21-29/h7-16,22,31,35,37H,3-6,17-21H2,1-2H3,(H2,30,33)(H2,32,34,36). The maximum Gasteiger partial charge on any atom is 0.319 e. The second-order valence-electron chi connectivity index (χ2n) is 10.3. The zero-order valence-corrected chi connectivity index (χ0v) is 24.1. The number of anilines is 2. The molecule has 0 saturated carbocycles. The molecule has 1 aliphatic heterocycles. The van der Waals surface area contributed by atoms with Crippen LogP contribution in [0.25, 0.3) is 0 Å². The number of hydrogen-bond donors (Lipinski definition) is 6. The van der Waals surface area contributed by atoms with Gasteiger partial charge in [0.1, 0.15) is 11.4 Å². The summed E-state index contributed by atoms with van der Waals surface area (Å²) in [6.07, 6.45) is 8.88. The number of nitrogens with one attached hydrogen (secondary N) is 4. The molecule has 11 heteroatoms. The van der Waals surface area contributed by atoms with Gasteiger partial charge in [-0.05, 0) is 86.8 Å². The molecular weight excluding hydrogens is 528 g/mol. The second-order valence-corrected chi connectivity index (χ2v) is 11.9. The lowest BCUT2D eigenvalue weighted by Crippen LogP contribution is -2.39.